The van der Waals surface area contributed by atoms with Gasteiger partial charge in [0.2, 0.25) is 5.91 Å². The number of nitrogens with one attached hydrogen (secondary N) is 1. The maximum atomic E-state index is 11.7. The fourth-order valence-corrected chi connectivity index (χ4v) is 2.13. The van der Waals surface area contributed by atoms with E-state index in [2.05, 4.69) is 5.32 Å². The van der Waals surface area contributed by atoms with E-state index >= 15 is 0 Å². The van der Waals surface area contributed by atoms with E-state index in [0.717, 1.165) is 23.3 Å². The van der Waals surface area contributed by atoms with Crippen LogP contribution in [0.4, 0.5) is 0 Å². The van der Waals surface area contributed by atoms with Crippen molar-refractivity contribution in [2.45, 2.75) is 26.0 Å². The van der Waals surface area contributed by atoms with Crippen LogP contribution in [0.1, 0.15) is 24.0 Å². The number of amides is 1. The van der Waals surface area contributed by atoms with Gasteiger partial charge in [0.25, 0.3) is 0 Å². The molecule has 0 aliphatic rings. The van der Waals surface area contributed by atoms with Crippen molar-refractivity contribution >= 4 is 5.91 Å². The van der Waals surface area contributed by atoms with E-state index in [9.17, 15) is 4.79 Å². The van der Waals surface area contributed by atoms with Gasteiger partial charge in [0.15, 0.2) is 0 Å². The van der Waals surface area contributed by atoms with Gasteiger partial charge in [-0.25, -0.2) is 0 Å². The molecule has 0 spiro atoms. The van der Waals surface area contributed by atoms with Crippen LogP contribution < -0.4 is 10.1 Å². The molecule has 0 aromatic heterocycles. The van der Waals surface area contributed by atoms with Crippen LogP contribution in [0.25, 0.3) is 0 Å². The molecule has 122 valence electrons. The normalized spacial score (nSPS) is 10.3. The molecule has 2 rings (SSSR count). The Kier molecular flexibility index (Phi) is 7.14. The van der Waals surface area contributed by atoms with Gasteiger partial charge < -0.3 is 14.8 Å². The lowest BCUT2D eigenvalue weighted by atomic mass is 10.2. The standard InChI is InChI=1S/C19H23NO3/c1-22-18-11-9-17(10-12-18)15-23-13-5-8-19(21)20-14-16-6-3-2-4-7-16/h2-4,6-7,9-12H,5,8,13-15H2,1H3,(H,20,21). The second-order valence-corrected chi connectivity index (χ2v) is 5.27. The maximum absolute atomic E-state index is 11.7. The van der Waals surface area contributed by atoms with Crippen LogP contribution in [0.15, 0.2) is 54.6 Å². The van der Waals surface area contributed by atoms with Crippen LogP contribution in [0.3, 0.4) is 0 Å². The third-order valence-electron chi connectivity index (χ3n) is 3.45. The highest BCUT2D eigenvalue weighted by Crippen LogP contribution is 2.12. The largest absolute Gasteiger partial charge is 0.497 e. The Hall–Kier alpha value is -2.33. The van der Waals surface area contributed by atoms with E-state index in [-0.39, 0.29) is 5.91 Å². The van der Waals surface area contributed by atoms with Crippen molar-refractivity contribution in [1.82, 2.24) is 5.32 Å². The van der Waals surface area contributed by atoms with Crippen LogP contribution in [0.2, 0.25) is 0 Å². The van der Waals surface area contributed by atoms with E-state index in [1.165, 1.54) is 0 Å². The summed E-state index contributed by atoms with van der Waals surface area (Å²) in [6, 6.07) is 17.7. The third-order valence-corrected chi connectivity index (χ3v) is 3.45. The second kappa shape index (κ2) is 9.64. The average molecular weight is 313 g/mol. The highest BCUT2D eigenvalue weighted by molar-refractivity contribution is 5.75. The van der Waals surface area contributed by atoms with E-state index in [1.54, 1.807) is 7.11 Å². The number of ether oxygens (including phenoxy) is 2. The molecule has 4 heteroatoms. The first-order chi connectivity index (χ1) is 11.3. The molecular formula is C19H23NO3. The topological polar surface area (TPSA) is 47.6 Å². The third kappa shape index (κ3) is 6.53. The zero-order valence-corrected chi connectivity index (χ0v) is 13.5. The molecule has 0 unspecified atom stereocenters. The highest BCUT2D eigenvalue weighted by Gasteiger charge is 2.01. The van der Waals surface area contributed by atoms with E-state index in [4.69, 9.17) is 9.47 Å². The summed E-state index contributed by atoms with van der Waals surface area (Å²) in [7, 11) is 1.65. The summed E-state index contributed by atoms with van der Waals surface area (Å²) in [6.07, 6.45) is 1.20. The molecule has 2 aromatic rings. The number of carbonyl (C=O) groups excluding carboxylic acids is 1. The van der Waals surface area contributed by atoms with Crippen LogP contribution in [0, 0.1) is 0 Å². The van der Waals surface area contributed by atoms with Gasteiger partial charge in [-0.1, -0.05) is 42.5 Å². The minimum Gasteiger partial charge on any atom is -0.497 e. The van der Waals surface area contributed by atoms with Gasteiger partial charge in [-0.3, -0.25) is 4.79 Å². The molecule has 23 heavy (non-hydrogen) atoms. The molecule has 0 aliphatic heterocycles. The lowest BCUT2D eigenvalue weighted by Gasteiger charge is -2.07. The zero-order chi connectivity index (χ0) is 16.3. The summed E-state index contributed by atoms with van der Waals surface area (Å²) in [5, 5.41) is 2.91. The number of methoxy groups -OCH3 is 1. The Labute approximate surface area is 137 Å². The summed E-state index contributed by atoms with van der Waals surface area (Å²) in [4.78, 5) is 11.7. The molecule has 0 saturated carbocycles. The molecule has 0 bridgehead atoms. The molecule has 0 heterocycles. The maximum Gasteiger partial charge on any atom is 0.220 e. The Morgan fingerprint density at radius 3 is 2.43 bits per heavy atom. The minimum absolute atomic E-state index is 0.0573. The van der Waals surface area contributed by atoms with E-state index < -0.39 is 0 Å². The van der Waals surface area contributed by atoms with Gasteiger partial charge in [-0.15, -0.1) is 0 Å². The van der Waals surface area contributed by atoms with E-state index in [0.29, 0.717) is 26.2 Å². The summed E-state index contributed by atoms with van der Waals surface area (Å²) in [5.41, 5.74) is 2.20. The fraction of sp³-hybridized carbons (Fsp3) is 0.316. The van der Waals surface area contributed by atoms with Crippen molar-refractivity contribution < 1.29 is 14.3 Å². The lowest BCUT2D eigenvalue weighted by Crippen LogP contribution is -2.22. The molecule has 0 radical (unpaired) electrons. The number of hydrogen-bond donors (Lipinski definition) is 1. The number of hydrogen-bond acceptors (Lipinski definition) is 3. The molecule has 0 aliphatic carbocycles. The van der Waals surface area contributed by atoms with Crippen molar-refractivity contribution in [3.63, 3.8) is 0 Å². The monoisotopic (exact) mass is 313 g/mol. The summed E-state index contributed by atoms with van der Waals surface area (Å²) in [6.45, 7) is 1.70. The molecule has 1 N–H and O–H groups in total. The molecule has 0 fully saturated rings. The Balaban J connectivity index is 1.55. The summed E-state index contributed by atoms with van der Waals surface area (Å²) < 4.78 is 10.7. The second-order valence-electron chi connectivity index (χ2n) is 5.27. The van der Waals surface area contributed by atoms with Gasteiger partial charge in [0.1, 0.15) is 5.75 Å². The predicted molar refractivity (Wildman–Crippen MR) is 90.2 cm³/mol. The Morgan fingerprint density at radius 2 is 1.74 bits per heavy atom. The molecule has 0 saturated heterocycles. The van der Waals surface area contributed by atoms with Crippen LogP contribution in [-0.2, 0) is 22.7 Å². The Bertz CT molecular complexity index is 581. The molecule has 1 amide bonds. The fourth-order valence-electron chi connectivity index (χ4n) is 2.13. The smallest absolute Gasteiger partial charge is 0.220 e. The highest BCUT2D eigenvalue weighted by atomic mass is 16.5. The Morgan fingerprint density at radius 1 is 1.00 bits per heavy atom. The van der Waals surface area contributed by atoms with Crippen molar-refractivity contribution in [1.29, 1.82) is 0 Å². The van der Waals surface area contributed by atoms with Crippen molar-refractivity contribution in [3.8, 4) is 5.75 Å². The molecule has 2 aromatic carbocycles. The average Bonchev–Trinajstić information content (AvgIpc) is 2.61. The van der Waals surface area contributed by atoms with Crippen molar-refractivity contribution in [3.05, 3.63) is 65.7 Å². The van der Waals surface area contributed by atoms with E-state index in [1.807, 2.05) is 54.6 Å². The van der Waals surface area contributed by atoms with Gasteiger partial charge in [0, 0.05) is 19.6 Å². The van der Waals surface area contributed by atoms with Gasteiger partial charge in [-0.05, 0) is 29.7 Å². The van der Waals surface area contributed by atoms with Crippen LogP contribution in [0.5, 0.6) is 5.75 Å². The van der Waals surface area contributed by atoms with Gasteiger partial charge in [-0.2, -0.15) is 0 Å². The first-order valence-electron chi connectivity index (χ1n) is 7.79. The minimum atomic E-state index is 0.0573. The van der Waals surface area contributed by atoms with Crippen molar-refractivity contribution in [2.24, 2.45) is 0 Å². The van der Waals surface area contributed by atoms with Gasteiger partial charge >= 0.3 is 0 Å². The predicted octanol–water partition coefficient (Wildman–Crippen LogP) is 3.31. The summed E-state index contributed by atoms with van der Waals surface area (Å²) >= 11 is 0. The number of carbonyl (C=O) groups is 1. The zero-order valence-electron chi connectivity index (χ0n) is 13.5. The van der Waals surface area contributed by atoms with Crippen molar-refractivity contribution in [2.75, 3.05) is 13.7 Å². The SMILES string of the molecule is COc1ccc(COCCCC(=O)NCc2ccccc2)cc1. The van der Waals surface area contributed by atoms with Gasteiger partial charge in [0.05, 0.1) is 13.7 Å². The first-order valence-corrected chi connectivity index (χ1v) is 7.79. The first kappa shape index (κ1) is 17.0. The quantitative estimate of drug-likeness (QED) is 0.723. The van der Waals surface area contributed by atoms with Crippen LogP contribution in [-0.4, -0.2) is 19.6 Å². The van der Waals surface area contributed by atoms with Crippen LogP contribution >= 0.6 is 0 Å². The molecule has 4 nitrogen and oxygen atoms in total. The molecular weight excluding hydrogens is 290 g/mol. The lowest BCUT2D eigenvalue weighted by molar-refractivity contribution is -0.121. The summed E-state index contributed by atoms with van der Waals surface area (Å²) in [5.74, 6) is 0.894. The number of benzene rings is 2. The number of rotatable bonds is 9. The molecule has 0 atom stereocenters.